The average Bonchev–Trinajstić information content (AvgIpc) is 2.90. The van der Waals surface area contributed by atoms with E-state index in [0.717, 1.165) is 11.1 Å². The third-order valence-corrected chi connectivity index (χ3v) is 12.4. The zero-order chi connectivity index (χ0) is 31.9. The minimum absolute atomic E-state index is 0.0950. The molecular weight excluding hydrogens is 564 g/mol. The van der Waals surface area contributed by atoms with Gasteiger partial charge in [-0.2, -0.15) is 0 Å². The summed E-state index contributed by atoms with van der Waals surface area (Å²) in [6.07, 6.45) is -2.20. The summed E-state index contributed by atoms with van der Waals surface area (Å²) < 4.78 is 25.6. The van der Waals surface area contributed by atoms with E-state index in [0.29, 0.717) is 12.0 Å². The summed E-state index contributed by atoms with van der Waals surface area (Å²) in [7, 11) is -2.10. The Morgan fingerprint density at radius 3 is 2.23 bits per heavy atom. The largest absolute Gasteiger partial charge is 0.455 e. The van der Waals surface area contributed by atoms with E-state index in [4.69, 9.17) is 18.6 Å². The standard InChI is InChI=1S/C34H50O8Si/c1-19-16-25-33(18-39-25,41-22(4)35)27-29(40-30(37)23-14-12-11-13-15-23)34(38)17-24(42-43(8,9)10)20(2)26(31(34,5)6)21(3)28(36)32(19,27)7/h11-15,19,21,24-25,27-29,36,38H,16-18H2,1-10H3/t19-,21+,24-,25+,27?,28+,29?,32+,33-,34+/m0/s1. The maximum absolute atomic E-state index is 14.0. The van der Waals surface area contributed by atoms with Gasteiger partial charge in [0.2, 0.25) is 0 Å². The van der Waals surface area contributed by atoms with Gasteiger partial charge in [0.25, 0.3) is 0 Å². The summed E-state index contributed by atoms with van der Waals surface area (Å²) in [6.45, 7) is 19.9. The molecule has 1 saturated heterocycles. The summed E-state index contributed by atoms with van der Waals surface area (Å²) in [5, 5.41) is 25.9. The van der Waals surface area contributed by atoms with Crippen LogP contribution >= 0.6 is 0 Å². The van der Waals surface area contributed by atoms with Crippen LogP contribution in [0.5, 0.6) is 0 Å². The van der Waals surface area contributed by atoms with Crippen molar-refractivity contribution in [2.45, 2.75) is 117 Å². The van der Waals surface area contributed by atoms with Crippen molar-refractivity contribution in [3.8, 4) is 0 Å². The van der Waals surface area contributed by atoms with Gasteiger partial charge in [0.15, 0.2) is 13.9 Å². The van der Waals surface area contributed by atoms with Crippen LogP contribution in [0.25, 0.3) is 0 Å². The summed E-state index contributed by atoms with van der Waals surface area (Å²) in [5.74, 6) is -2.30. The predicted octanol–water partition coefficient (Wildman–Crippen LogP) is 5.28. The molecule has 8 nitrogen and oxygen atoms in total. The zero-order valence-corrected chi connectivity index (χ0v) is 28.4. The lowest BCUT2D eigenvalue weighted by Crippen LogP contribution is -2.80. The highest BCUT2D eigenvalue weighted by Crippen LogP contribution is 2.67. The van der Waals surface area contributed by atoms with Crippen LogP contribution in [-0.4, -0.2) is 72.7 Å². The second-order valence-electron chi connectivity index (χ2n) is 15.3. The molecule has 2 saturated carbocycles. The number of carbonyl (C=O) groups excluding carboxylic acids is 2. The molecule has 0 radical (unpaired) electrons. The molecule has 2 unspecified atom stereocenters. The second-order valence-corrected chi connectivity index (χ2v) is 19.8. The van der Waals surface area contributed by atoms with Crippen molar-refractivity contribution >= 4 is 20.3 Å². The first-order chi connectivity index (χ1) is 19.8. The normalized spacial score (nSPS) is 42.0. The van der Waals surface area contributed by atoms with Crippen LogP contribution in [0.15, 0.2) is 41.5 Å². The van der Waals surface area contributed by atoms with E-state index < -0.39 is 72.6 Å². The van der Waals surface area contributed by atoms with Crippen LogP contribution in [0, 0.1) is 28.6 Å². The molecule has 2 N–H and O–H groups in total. The van der Waals surface area contributed by atoms with Crippen LogP contribution in [0.3, 0.4) is 0 Å². The van der Waals surface area contributed by atoms with Crippen molar-refractivity contribution in [2.75, 3.05) is 6.61 Å². The lowest BCUT2D eigenvalue weighted by molar-refractivity contribution is -0.356. The van der Waals surface area contributed by atoms with E-state index in [1.807, 2.05) is 33.8 Å². The molecule has 9 heteroatoms. The van der Waals surface area contributed by atoms with Crippen molar-refractivity contribution < 1.29 is 38.4 Å². The number of fused-ring (bicyclic) bond motifs is 5. The fourth-order valence-electron chi connectivity index (χ4n) is 9.26. The van der Waals surface area contributed by atoms with Gasteiger partial charge >= 0.3 is 11.9 Å². The molecule has 2 bridgehead atoms. The Morgan fingerprint density at radius 2 is 1.70 bits per heavy atom. The molecule has 0 spiro atoms. The number of aliphatic hydroxyl groups excluding tert-OH is 1. The lowest BCUT2D eigenvalue weighted by atomic mass is 9.42. The van der Waals surface area contributed by atoms with E-state index in [9.17, 15) is 19.8 Å². The van der Waals surface area contributed by atoms with Gasteiger partial charge in [-0.3, -0.25) is 4.79 Å². The zero-order valence-electron chi connectivity index (χ0n) is 27.4. The molecule has 3 fully saturated rings. The molecule has 5 rings (SSSR count). The number of ether oxygens (including phenoxy) is 3. The molecule has 1 aromatic rings. The van der Waals surface area contributed by atoms with Gasteiger partial charge in [0.05, 0.1) is 30.3 Å². The number of carbonyl (C=O) groups is 2. The first kappa shape index (κ1) is 32.4. The Bertz CT molecular complexity index is 1300. The highest BCUT2D eigenvalue weighted by Gasteiger charge is 2.76. The second kappa shape index (κ2) is 10.5. The van der Waals surface area contributed by atoms with E-state index in [2.05, 4.69) is 33.5 Å². The van der Waals surface area contributed by atoms with E-state index in [1.54, 1.807) is 24.3 Å². The van der Waals surface area contributed by atoms with Crippen LogP contribution < -0.4 is 0 Å². The Morgan fingerprint density at radius 1 is 1.07 bits per heavy atom. The fraction of sp³-hybridized carbons (Fsp3) is 0.706. The summed E-state index contributed by atoms with van der Waals surface area (Å²) >= 11 is 0. The average molecular weight is 615 g/mol. The fourth-order valence-corrected chi connectivity index (χ4v) is 10.4. The number of aliphatic hydroxyl groups is 2. The molecule has 0 amide bonds. The molecule has 43 heavy (non-hydrogen) atoms. The maximum Gasteiger partial charge on any atom is 0.338 e. The van der Waals surface area contributed by atoms with Crippen molar-refractivity contribution in [2.24, 2.45) is 28.6 Å². The molecule has 0 aromatic heterocycles. The van der Waals surface area contributed by atoms with E-state index in [-0.39, 0.29) is 24.9 Å². The van der Waals surface area contributed by atoms with Gasteiger partial charge in [-0.1, -0.05) is 58.4 Å². The van der Waals surface area contributed by atoms with Crippen LogP contribution in [0.2, 0.25) is 19.6 Å². The first-order valence-electron chi connectivity index (χ1n) is 15.7. The van der Waals surface area contributed by atoms with Crippen molar-refractivity contribution in [1.29, 1.82) is 0 Å². The van der Waals surface area contributed by atoms with Crippen LogP contribution in [0.1, 0.15) is 71.7 Å². The monoisotopic (exact) mass is 614 g/mol. The van der Waals surface area contributed by atoms with Gasteiger partial charge in [0, 0.05) is 30.1 Å². The third-order valence-electron chi connectivity index (χ3n) is 11.5. The molecule has 1 aromatic carbocycles. The molecule has 238 valence electrons. The maximum atomic E-state index is 14.0. The molecule has 4 aliphatic rings. The highest BCUT2D eigenvalue weighted by atomic mass is 28.4. The summed E-state index contributed by atoms with van der Waals surface area (Å²) in [6, 6.07) is 8.73. The number of esters is 2. The summed E-state index contributed by atoms with van der Waals surface area (Å²) in [4.78, 5) is 26.7. The number of benzene rings is 1. The van der Waals surface area contributed by atoms with Crippen LogP contribution in [-0.2, 0) is 23.4 Å². The van der Waals surface area contributed by atoms with Crippen molar-refractivity contribution in [3.63, 3.8) is 0 Å². The smallest absolute Gasteiger partial charge is 0.338 e. The van der Waals surface area contributed by atoms with Crippen molar-refractivity contribution in [1.82, 2.24) is 0 Å². The third kappa shape index (κ3) is 4.76. The van der Waals surface area contributed by atoms with Gasteiger partial charge in [-0.25, -0.2) is 4.79 Å². The Kier molecular flexibility index (Phi) is 7.91. The molecular formula is C34H50O8Si. The quantitative estimate of drug-likeness (QED) is 0.262. The van der Waals surface area contributed by atoms with Gasteiger partial charge in [-0.15, -0.1) is 0 Å². The molecule has 10 atom stereocenters. The Balaban J connectivity index is 1.81. The SMILES string of the molecule is CC(=O)O[C@@]12CO[C@@H]1C[C@H](C)[C@]1(C)C2C(OC(=O)c2ccccc2)[C@]2(O)C[C@H](O[Si](C)(C)C)C(C)=C([C@@H](C)[C@H]1O)C2(C)C. The predicted molar refractivity (Wildman–Crippen MR) is 165 cm³/mol. The first-order valence-corrected chi connectivity index (χ1v) is 19.1. The molecule has 1 heterocycles. The van der Waals surface area contributed by atoms with E-state index in [1.165, 1.54) is 6.92 Å². The number of hydrogen-bond donors (Lipinski definition) is 2. The van der Waals surface area contributed by atoms with Gasteiger partial charge < -0.3 is 28.8 Å². The minimum atomic E-state index is -2.10. The van der Waals surface area contributed by atoms with Gasteiger partial charge in [-0.05, 0) is 56.6 Å². The Labute approximate surface area is 257 Å². The van der Waals surface area contributed by atoms with Crippen LogP contribution in [0.4, 0.5) is 0 Å². The topological polar surface area (TPSA) is 112 Å². The van der Waals surface area contributed by atoms with E-state index >= 15 is 0 Å². The highest BCUT2D eigenvalue weighted by molar-refractivity contribution is 6.69. The summed E-state index contributed by atoms with van der Waals surface area (Å²) in [5.41, 5.74) is -2.38. The van der Waals surface area contributed by atoms with Crippen molar-refractivity contribution in [3.05, 3.63) is 47.0 Å². The molecule has 1 aliphatic heterocycles. The Hall–Kier alpha value is -2.04. The number of hydrogen-bond acceptors (Lipinski definition) is 8. The lowest BCUT2D eigenvalue weighted by Gasteiger charge is -2.70. The number of rotatable bonds is 5. The van der Waals surface area contributed by atoms with Gasteiger partial charge in [0.1, 0.15) is 17.8 Å². The molecule has 3 aliphatic carbocycles. The minimum Gasteiger partial charge on any atom is -0.455 e.